The summed E-state index contributed by atoms with van der Waals surface area (Å²) < 4.78 is 10.3. The Bertz CT molecular complexity index is 892. The molecule has 0 aromatic heterocycles. The second-order valence-corrected chi connectivity index (χ2v) is 8.40. The van der Waals surface area contributed by atoms with Gasteiger partial charge in [0.15, 0.2) is 5.78 Å². The molecule has 7 nitrogen and oxygen atoms in total. The number of benzene rings is 2. The highest BCUT2D eigenvalue weighted by molar-refractivity contribution is 5.96. The first-order valence-corrected chi connectivity index (χ1v) is 11.5. The molecule has 1 amide bonds. The van der Waals surface area contributed by atoms with Crippen molar-refractivity contribution in [3.8, 4) is 11.5 Å². The van der Waals surface area contributed by atoms with Crippen LogP contribution in [-0.4, -0.2) is 61.6 Å². The highest BCUT2D eigenvalue weighted by atomic mass is 16.5. The molecule has 33 heavy (non-hydrogen) atoms. The first-order valence-electron chi connectivity index (χ1n) is 11.5. The van der Waals surface area contributed by atoms with E-state index in [2.05, 4.69) is 10.2 Å². The lowest BCUT2D eigenvalue weighted by atomic mass is 10.0. The molecular weight excluding hydrogens is 420 g/mol. The van der Waals surface area contributed by atoms with Gasteiger partial charge < -0.3 is 24.8 Å². The summed E-state index contributed by atoms with van der Waals surface area (Å²) in [5.41, 5.74) is 1.34. The van der Waals surface area contributed by atoms with Gasteiger partial charge in [0.05, 0.1) is 20.3 Å². The van der Waals surface area contributed by atoms with Gasteiger partial charge in [-0.25, -0.2) is 0 Å². The van der Waals surface area contributed by atoms with Crippen LogP contribution in [0.2, 0.25) is 0 Å². The van der Waals surface area contributed by atoms with Crippen molar-refractivity contribution in [2.75, 3.05) is 33.9 Å². The first-order chi connectivity index (χ1) is 16.0. The first kappa shape index (κ1) is 24.7. The second kappa shape index (κ2) is 12.4. The molecule has 1 aliphatic rings. The third kappa shape index (κ3) is 7.30. The van der Waals surface area contributed by atoms with E-state index in [1.165, 1.54) is 0 Å². The molecule has 1 heterocycles. The predicted molar refractivity (Wildman–Crippen MR) is 127 cm³/mol. The number of hydrogen-bond donors (Lipinski definition) is 2. The van der Waals surface area contributed by atoms with E-state index in [4.69, 9.17) is 9.47 Å². The normalized spacial score (nSPS) is 15.6. The Balaban J connectivity index is 1.54. The fourth-order valence-electron chi connectivity index (χ4n) is 4.11. The molecule has 2 aromatic rings. The van der Waals surface area contributed by atoms with Crippen LogP contribution in [0.4, 0.5) is 0 Å². The molecule has 0 saturated carbocycles. The van der Waals surface area contributed by atoms with Crippen molar-refractivity contribution < 1.29 is 24.2 Å². The molecule has 0 spiro atoms. The molecule has 0 aliphatic carbocycles. The zero-order valence-corrected chi connectivity index (χ0v) is 19.5. The number of ether oxygens (including phenoxy) is 2. The van der Waals surface area contributed by atoms with Gasteiger partial charge in [-0.05, 0) is 74.3 Å². The van der Waals surface area contributed by atoms with E-state index in [-0.39, 0.29) is 24.5 Å². The van der Waals surface area contributed by atoms with Gasteiger partial charge in [0.2, 0.25) is 5.91 Å². The van der Waals surface area contributed by atoms with Crippen molar-refractivity contribution in [1.29, 1.82) is 0 Å². The zero-order valence-electron chi connectivity index (χ0n) is 19.5. The molecule has 3 rings (SSSR count). The number of rotatable bonds is 12. The van der Waals surface area contributed by atoms with Gasteiger partial charge >= 0.3 is 0 Å². The van der Waals surface area contributed by atoms with Crippen molar-refractivity contribution in [2.24, 2.45) is 0 Å². The number of carbonyl (C=O) groups excluding carboxylic acids is 2. The van der Waals surface area contributed by atoms with Crippen LogP contribution in [0, 0.1) is 0 Å². The van der Waals surface area contributed by atoms with Gasteiger partial charge in [-0.2, -0.15) is 0 Å². The molecule has 0 radical (unpaired) electrons. The summed E-state index contributed by atoms with van der Waals surface area (Å²) in [4.78, 5) is 27.3. The largest absolute Gasteiger partial charge is 0.497 e. The summed E-state index contributed by atoms with van der Waals surface area (Å²) in [5.74, 6) is 1.25. The SMILES string of the molecule is COc1ccc(C(=O)CCCC(=O)N[C@H](CN2CCCC2)[C@H](O)c2ccc(OC)cc2)cc1. The minimum absolute atomic E-state index is 0.00247. The third-order valence-corrected chi connectivity index (χ3v) is 6.06. The Morgan fingerprint density at radius 2 is 1.52 bits per heavy atom. The standard InChI is InChI=1S/C26H34N2O5/c1-32-21-12-8-19(9-13-21)24(29)6-5-7-25(30)27-23(18-28-16-3-4-17-28)26(31)20-10-14-22(33-2)15-11-20/h8-15,23,26,31H,3-7,16-18H2,1-2H3,(H,27,30)/t23-,26-/m1/s1. The number of nitrogens with zero attached hydrogens (tertiary/aromatic N) is 1. The van der Waals surface area contributed by atoms with Crippen LogP contribution in [0.5, 0.6) is 11.5 Å². The van der Waals surface area contributed by atoms with Crippen LogP contribution in [0.1, 0.15) is 54.1 Å². The van der Waals surface area contributed by atoms with Crippen molar-refractivity contribution >= 4 is 11.7 Å². The summed E-state index contributed by atoms with van der Waals surface area (Å²) in [5, 5.41) is 14.0. The van der Waals surface area contributed by atoms with Gasteiger partial charge in [-0.1, -0.05) is 12.1 Å². The van der Waals surface area contributed by atoms with Crippen LogP contribution < -0.4 is 14.8 Å². The quantitative estimate of drug-likeness (QED) is 0.478. The molecule has 7 heteroatoms. The van der Waals surface area contributed by atoms with Crippen molar-refractivity contribution in [3.05, 3.63) is 59.7 Å². The number of amides is 1. The van der Waals surface area contributed by atoms with Crippen LogP contribution in [0.3, 0.4) is 0 Å². The van der Waals surface area contributed by atoms with Crippen molar-refractivity contribution in [3.63, 3.8) is 0 Å². The highest BCUT2D eigenvalue weighted by Crippen LogP contribution is 2.22. The van der Waals surface area contributed by atoms with E-state index < -0.39 is 12.1 Å². The number of Topliss-reactive ketones (excluding diaryl/α,β-unsaturated/α-hetero) is 1. The summed E-state index contributed by atoms with van der Waals surface area (Å²) in [7, 11) is 3.18. The van der Waals surface area contributed by atoms with E-state index in [1.807, 2.05) is 12.1 Å². The van der Waals surface area contributed by atoms with Crippen LogP contribution in [-0.2, 0) is 4.79 Å². The Kier molecular flexibility index (Phi) is 9.27. The van der Waals surface area contributed by atoms with E-state index in [0.29, 0.717) is 30.0 Å². The Morgan fingerprint density at radius 1 is 0.939 bits per heavy atom. The van der Waals surface area contributed by atoms with E-state index in [9.17, 15) is 14.7 Å². The summed E-state index contributed by atoms with van der Waals surface area (Å²) in [6.07, 6.45) is 2.40. The molecule has 2 N–H and O–H groups in total. The lowest BCUT2D eigenvalue weighted by molar-refractivity contribution is -0.123. The van der Waals surface area contributed by atoms with E-state index in [1.54, 1.807) is 50.6 Å². The molecular formula is C26H34N2O5. The maximum atomic E-state index is 12.7. The van der Waals surface area contributed by atoms with Crippen LogP contribution in [0.25, 0.3) is 0 Å². The average Bonchev–Trinajstić information content (AvgIpc) is 3.36. The Morgan fingerprint density at radius 3 is 2.09 bits per heavy atom. The monoisotopic (exact) mass is 454 g/mol. The van der Waals surface area contributed by atoms with Gasteiger partial charge in [0, 0.05) is 24.9 Å². The van der Waals surface area contributed by atoms with Gasteiger partial charge in [0.25, 0.3) is 0 Å². The van der Waals surface area contributed by atoms with E-state index in [0.717, 1.165) is 31.5 Å². The lowest BCUT2D eigenvalue weighted by Crippen LogP contribution is -2.46. The molecule has 0 unspecified atom stereocenters. The number of hydrogen-bond acceptors (Lipinski definition) is 6. The summed E-state index contributed by atoms with van der Waals surface area (Å²) in [6, 6.07) is 13.8. The fraction of sp³-hybridized carbons (Fsp3) is 0.462. The van der Waals surface area contributed by atoms with Crippen molar-refractivity contribution in [2.45, 2.75) is 44.2 Å². The molecule has 1 saturated heterocycles. The number of methoxy groups -OCH3 is 2. The minimum atomic E-state index is -0.832. The van der Waals surface area contributed by atoms with Crippen molar-refractivity contribution in [1.82, 2.24) is 10.2 Å². The topological polar surface area (TPSA) is 88.1 Å². The third-order valence-electron chi connectivity index (χ3n) is 6.06. The van der Waals surface area contributed by atoms with E-state index >= 15 is 0 Å². The van der Waals surface area contributed by atoms with Gasteiger partial charge in [-0.3, -0.25) is 9.59 Å². The van der Waals surface area contributed by atoms with Gasteiger partial charge in [-0.15, -0.1) is 0 Å². The summed E-state index contributed by atoms with van der Waals surface area (Å²) in [6.45, 7) is 2.53. The Labute approximate surface area is 195 Å². The maximum absolute atomic E-state index is 12.7. The number of aliphatic hydroxyl groups excluding tert-OH is 1. The second-order valence-electron chi connectivity index (χ2n) is 8.40. The number of carbonyl (C=O) groups is 2. The maximum Gasteiger partial charge on any atom is 0.220 e. The lowest BCUT2D eigenvalue weighted by Gasteiger charge is -2.29. The van der Waals surface area contributed by atoms with Gasteiger partial charge in [0.1, 0.15) is 17.6 Å². The average molecular weight is 455 g/mol. The smallest absolute Gasteiger partial charge is 0.220 e. The minimum Gasteiger partial charge on any atom is -0.497 e. The number of ketones is 1. The fourth-order valence-corrected chi connectivity index (χ4v) is 4.11. The molecule has 2 atom stereocenters. The molecule has 2 aromatic carbocycles. The number of aliphatic hydroxyl groups is 1. The van der Waals surface area contributed by atoms with Crippen LogP contribution in [0.15, 0.2) is 48.5 Å². The number of nitrogens with one attached hydrogen (secondary N) is 1. The summed E-state index contributed by atoms with van der Waals surface area (Å²) >= 11 is 0. The predicted octanol–water partition coefficient (Wildman–Crippen LogP) is 3.37. The molecule has 0 bridgehead atoms. The molecule has 1 aliphatic heterocycles. The highest BCUT2D eigenvalue weighted by Gasteiger charge is 2.26. The van der Waals surface area contributed by atoms with Crippen LogP contribution >= 0.6 is 0 Å². The molecule has 178 valence electrons. The zero-order chi connectivity index (χ0) is 23.6. The Hall–Kier alpha value is -2.90. The number of likely N-dealkylation sites (tertiary alicyclic amines) is 1. The molecule has 1 fully saturated rings.